The van der Waals surface area contributed by atoms with Gasteiger partial charge in [-0.15, -0.1) is 0 Å². The maximum absolute atomic E-state index is 15.8. The summed E-state index contributed by atoms with van der Waals surface area (Å²) in [4.78, 5) is 26.5. The van der Waals surface area contributed by atoms with E-state index in [1.54, 1.807) is 30.3 Å². The van der Waals surface area contributed by atoms with Gasteiger partial charge in [-0.1, -0.05) is 164 Å². The fraction of sp³-hybridized carbons (Fsp3) is 0.0125. The van der Waals surface area contributed by atoms with Crippen molar-refractivity contribution in [1.82, 2.24) is 24.1 Å². The van der Waals surface area contributed by atoms with Gasteiger partial charge in [0.05, 0.1) is 70.4 Å². The lowest BCUT2D eigenvalue weighted by Gasteiger charge is -2.21. The van der Waals surface area contributed by atoms with Crippen molar-refractivity contribution in [3.63, 3.8) is 0 Å². The summed E-state index contributed by atoms with van der Waals surface area (Å²) < 4.78 is 51.4. The lowest BCUT2D eigenvalue weighted by Crippen LogP contribution is -2.08. The molecule has 0 radical (unpaired) electrons. The molecule has 0 atom stereocenters. The summed E-state index contributed by atoms with van der Waals surface area (Å²) in [5.74, 6) is 1.18. The molecule has 0 unspecified atom stereocenters. The predicted octanol–water partition coefficient (Wildman–Crippen LogP) is 21.9. The molecule has 9 nitrogen and oxygen atoms in total. The molecule has 0 bridgehead atoms. The minimum atomic E-state index is -4.77. The van der Waals surface area contributed by atoms with Crippen LogP contribution in [0.25, 0.3) is 159 Å². The Hall–Kier alpha value is -13.0. The van der Waals surface area contributed by atoms with Crippen molar-refractivity contribution in [2.45, 2.75) is 6.18 Å². The number of nitriles is 1. The maximum Gasteiger partial charge on any atom is 0.416 e. The minimum Gasteiger partial charge on any atom is -0.309 e. The van der Waals surface area contributed by atoms with Crippen LogP contribution in [0.4, 0.5) is 30.2 Å². The van der Waals surface area contributed by atoms with E-state index in [4.69, 9.17) is 34.7 Å². The largest absolute Gasteiger partial charge is 0.416 e. The highest BCUT2D eigenvalue weighted by atomic mass is 19.4. The van der Waals surface area contributed by atoms with Crippen LogP contribution >= 0.6 is 0 Å². The number of aromatic nitrogens is 5. The number of fused-ring (bicyclic) bond motifs is 6. The molecule has 0 saturated carbocycles. The van der Waals surface area contributed by atoms with Crippen LogP contribution in [0.3, 0.4) is 0 Å². The van der Waals surface area contributed by atoms with Crippen molar-refractivity contribution in [1.29, 1.82) is 5.26 Å². The Morgan fingerprint density at radius 2 is 0.696 bits per heavy atom. The predicted molar refractivity (Wildman–Crippen MR) is 360 cm³/mol. The molecule has 92 heavy (non-hydrogen) atoms. The summed E-state index contributed by atoms with van der Waals surface area (Å²) in [7, 11) is 0. The zero-order valence-electron chi connectivity index (χ0n) is 48.6. The van der Waals surface area contributed by atoms with Crippen LogP contribution in [0.1, 0.15) is 11.1 Å². The standard InChI is InChI=1S/C80H44F3N9/c1-85-62-23-11-20-53(39-62)57-28-33-71-66(43-57)67-44-58(54-21-12-24-63(40-54)86-2)29-34-72(67)91(71)75-37-31-61(80(81,82)83)47-70(75)65-32-26-60(79-89-77(50-15-6-4-7-16-50)88-78(90-79)51-17-8-5-9-18-51)46-76(65)92-73-35-27-56(52-19-10-14-49(38-52)48-84)42-68(73)69-45-59(30-36-74(69)92)55-22-13-25-64(41-55)87-3/h4-47H. The average molecular weight is 1190 g/mol. The van der Waals surface area contributed by atoms with Crippen LogP contribution in [0.5, 0.6) is 0 Å². The number of benzene rings is 12. The van der Waals surface area contributed by atoms with E-state index >= 15 is 13.2 Å². The van der Waals surface area contributed by atoms with E-state index < -0.39 is 11.7 Å². The van der Waals surface area contributed by atoms with Gasteiger partial charge in [-0.05, 0) is 148 Å². The van der Waals surface area contributed by atoms with Gasteiger partial charge in [0, 0.05) is 49.4 Å². The second-order valence-electron chi connectivity index (χ2n) is 22.3. The van der Waals surface area contributed by atoms with Gasteiger partial charge >= 0.3 is 6.18 Å². The lowest BCUT2D eigenvalue weighted by atomic mass is 9.96. The number of rotatable bonds is 10. The zero-order valence-corrected chi connectivity index (χ0v) is 48.6. The second-order valence-corrected chi connectivity index (χ2v) is 22.3. The van der Waals surface area contributed by atoms with Gasteiger partial charge < -0.3 is 9.13 Å². The summed E-state index contributed by atoms with van der Waals surface area (Å²) in [5, 5.41) is 13.3. The Labute approximate surface area is 526 Å². The lowest BCUT2D eigenvalue weighted by molar-refractivity contribution is -0.137. The van der Waals surface area contributed by atoms with Crippen molar-refractivity contribution in [3.8, 4) is 107 Å². The van der Waals surface area contributed by atoms with Crippen molar-refractivity contribution in [3.05, 3.63) is 312 Å². The van der Waals surface area contributed by atoms with Crippen LogP contribution in [0.2, 0.25) is 0 Å². The van der Waals surface area contributed by atoms with Crippen molar-refractivity contribution in [2.75, 3.05) is 0 Å². The normalized spacial score (nSPS) is 11.4. The molecule has 0 N–H and O–H groups in total. The van der Waals surface area contributed by atoms with E-state index in [1.165, 1.54) is 6.07 Å². The Morgan fingerprint density at radius 1 is 0.326 bits per heavy atom. The molecule has 0 spiro atoms. The first kappa shape index (κ1) is 55.6. The number of hydrogen-bond donors (Lipinski definition) is 0. The van der Waals surface area contributed by atoms with Gasteiger partial charge in [-0.25, -0.2) is 29.5 Å². The number of alkyl halides is 3. The monoisotopic (exact) mass is 1190 g/mol. The Kier molecular flexibility index (Phi) is 13.7. The number of hydrogen-bond acceptors (Lipinski definition) is 4. The first-order valence-corrected chi connectivity index (χ1v) is 29.4. The summed E-state index contributed by atoms with van der Waals surface area (Å²) in [5.41, 5.74) is 14.4. The molecular formula is C80H44F3N9. The van der Waals surface area contributed by atoms with Crippen LogP contribution < -0.4 is 0 Å². The van der Waals surface area contributed by atoms with Crippen LogP contribution in [0, 0.1) is 31.0 Å². The van der Waals surface area contributed by atoms with E-state index in [2.05, 4.69) is 49.4 Å². The van der Waals surface area contributed by atoms with Gasteiger partial charge in [0.2, 0.25) is 0 Å². The molecule has 12 heteroatoms. The fourth-order valence-corrected chi connectivity index (χ4v) is 12.5. The maximum atomic E-state index is 15.8. The first-order chi connectivity index (χ1) is 45.0. The van der Waals surface area contributed by atoms with Crippen molar-refractivity contribution >= 4 is 60.7 Å². The second kappa shape index (κ2) is 22.6. The molecule has 12 aromatic carbocycles. The van der Waals surface area contributed by atoms with Crippen LogP contribution in [0.15, 0.2) is 267 Å². The van der Waals surface area contributed by atoms with Gasteiger partial charge in [-0.2, -0.15) is 18.4 Å². The number of nitrogens with zero attached hydrogens (tertiary/aromatic N) is 9. The highest BCUT2D eigenvalue weighted by molar-refractivity contribution is 6.14. The molecule has 0 fully saturated rings. The van der Waals surface area contributed by atoms with Gasteiger partial charge in [-0.3, -0.25) is 0 Å². The molecule has 15 aromatic rings. The minimum absolute atomic E-state index is 0.265. The summed E-state index contributed by atoms with van der Waals surface area (Å²) in [6, 6.07) is 85.0. The molecule has 0 amide bonds. The van der Waals surface area contributed by atoms with Crippen LogP contribution in [-0.4, -0.2) is 24.1 Å². The third kappa shape index (κ3) is 9.99. The summed E-state index contributed by atoms with van der Waals surface area (Å²) in [6.45, 7) is 23.5. The van der Waals surface area contributed by atoms with E-state index in [0.717, 1.165) is 94.3 Å². The smallest absolute Gasteiger partial charge is 0.309 e. The van der Waals surface area contributed by atoms with Gasteiger partial charge in [0.1, 0.15) is 0 Å². The topological polar surface area (TPSA) is 85.4 Å². The van der Waals surface area contributed by atoms with E-state index in [1.807, 2.05) is 205 Å². The molecule has 3 heterocycles. The van der Waals surface area contributed by atoms with Crippen molar-refractivity contribution in [2.24, 2.45) is 0 Å². The summed E-state index contributed by atoms with van der Waals surface area (Å²) in [6.07, 6.45) is -4.77. The Balaban J connectivity index is 1.05. The molecule has 0 aliphatic heterocycles. The molecule has 0 aliphatic carbocycles. The summed E-state index contributed by atoms with van der Waals surface area (Å²) >= 11 is 0. The fourth-order valence-electron chi connectivity index (χ4n) is 12.5. The van der Waals surface area contributed by atoms with Gasteiger partial charge in [0.15, 0.2) is 34.5 Å². The molecular weight excluding hydrogens is 1140 g/mol. The van der Waals surface area contributed by atoms with E-state index in [-0.39, 0.29) is 5.56 Å². The molecule has 3 aromatic heterocycles. The van der Waals surface area contributed by atoms with E-state index in [9.17, 15) is 5.26 Å². The van der Waals surface area contributed by atoms with E-state index in [0.29, 0.717) is 73.6 Å². The van der Waals surface area contributed by atoms with Crippen molar-refractivity contribution < 1.29 is 13.2 Å². The Morgan fingerprint density at radius 3 is 1.11 bits per heavy atom. The van der Waals surface area contributed by atoms with Crippen LogP contribution in [-0.2, 0) is 6.18 Å². The highest BCUT2D eigenvalue weighted by Gasteiger charge is 2.33. The SMILES string of the molecule is [C-]#[N+]c1cccc(-c2ccc3c(c2)c2cc(-c4cccc([N+]#[C-])c4)ccc2n3-c2ccc(C(F)(F)F)cc2-c2ccc(-c3nc(-c4ccccc4)nc(-c4ccccc4)n3)cc2-n2c3ccc(-c4cccc(C#N)c4)cc3c3cc(-c4cccc([N+]#[C-])c4)ccc32)c1. The first-order valence-electron chi connectivity index (χ1n) is 29.4. The zero-order chi connectivity index (χ0) is 62.6. The average Bonchev–Trinajstić information content (AvgIpc) is 1.53. The number of halogens is 3. The quantitative estimate of drug-likeness (QED) is 0.128. The molecule has 15 rings (SSSR count). The molecule has 0 aliphatic rings. The Bertz CT molecular complexity index is 5410. The third-order valence-corrected chi connectivity index (χ3v) is 16.8. The molecule has 430 valence electrons. The third-order valence-electron chi connectivity index (χ3n) is 16.8. The highest BCUT2D eigenvalue weighted by Crippen LogP contribution is 2.47. The molecule has 0 saturated heterocycles. The van der Waals surface area contributed by atoms with Gasteiger partial charge in [0.25, 0.3) is 0 Å².